The van der Waals surface area contributed by atoms with Crippen LogP contribution in [0.1, 0.15) is 62.7 Å². The molecule has 1 amide bonds. The van der Waals surface area contributed by atoms with Crippen molar-refractivity contribution < 1.29 is 9.90 Å². The molecular weight excluding hydrogens is 318 g/mol. The van der Waals surface area contributed by atoms with Crippen LogP contribution in [0.2, 0.25) is 0 Å². The molecule has 2 saturated carbocycles. The summed E-state index contributed by atoms with van der Waals surface area (Å²) in [5, 5.41) is 16.7. The third-order valence-electron chi connectivity index (χ3n) is 5.76. The summed E-state index contributed by atoms with van der Waals surface area (Å²) < 4.78 is 0. The smallest absolute Gasteiger partial charge is 0.254 e. The Balaban J connectivity index is 1.73. The topological polar surface area (TPSA) is 113 Å². The number of amides is 1. The van der Waals surface area contributed by atoms with E-state index in [1.54, 1.807) is 0 Å². The molecule has 1 aromatic rings. The molecule has 138 valence electrons. The standard InChI is InChI=1S/C18H29N5O2/c1-10-6-7-13(8-15(10)24)22-17-14(16(19)25)9-20-18(23-17)21-11(2)12-4-3-5-12/h9-13,15,24H,3-8H2,1-2H3,(H2,19,25)(H2,20,21,22,23)/t10-,11-,13?,15-/m1/s1. The van der Waals surface area contributed by atoms with E-state index >= 15 is 0 Å². The van der Waals surface area contributed by atoms with Crippen LogP contribution in [0.4, 0.5) is 11.8 Å². The predicted octanol–water partition coefficient (Wildman–Crippen LogP) is 2.14. The Morgan fingerprint density at radius 2 is 2.12 bits per heavy atom. The first-order valence-electron chi connectivity index (χ1n) is 9.32. The summed E-state index contributed by atoms with van der Waals surface area (Å²) in [6.07, 6.45) is 7.42. The first kappa shape index (κ1) is 17.9. The predicted molar refractivity (Wildman–Crippen MR) is 97.4 cm³/mol. The lowest BCUT2D eigenvalue weighted by molar-refractivity contribution is 0.0739. The lowest BCUT2D eigenvalue weighted by atomic mass is 9.80. The summed E-state index contributed by atoms with van der Waals surface area (Å²) in [7, 11) is 0. The number of anilines is 2. The van der Waals surface area contributed by atoms with Crippen LogP contribution in [0.5, 0.6) is 0 Å². The number of aromatic nitrogens is 2. The van der Waals surface area contributed by atoms with Crippen molar-refractivity contribution in [2.45, 2.75) is 70.6 Å². The minimum absolute atomic E-state index is 0.0797. The quantitative estimate of drug-likeness (QED) is 0.627. The van der Waals surface area contributed by atoms with E-state index < -0.39 is 5.91 Å². The largest absolute Gasteiger partial charge is 0.393 e. The van der Waals surface area contributed by atoms with Gasteiger partial charge in [-0.1, -0.05) is 13.3 Å². The highest BCUT2D eigenvalue weighted by Crippen LogP contribution is 2.31. The maximum atomic E-state index is 11.7. The Kier molecular flexibility index (Phi) is 5.42. The Labute approximate surface area is 148 Å². The number of nitrogens with two attached hydrogens (primary N) is 1. The second-order valence-corrected chi connectivity index (χ2v) is 7.64. The van der Waals surface area contributed by atoms with Gasteiger partial charge in [0.25, 0.3) is 5.91 Å². The number of nitrogens with zero attached hydrogens (tertiary/aromatic N) is 2. The molecule has 2 aliphatic rings. The van der Waals surface area contributed by atoms with Gasteiger partial charge in [-0.3, -0.25) is 4.79 Å². The van der Waals surface area contributed by atoms with E-state index in [1.807, 2.05) is 0 Å². The Morgan fingerprint density at radius 3 is 2.72 bits per heavy atom. The van der Waals surface area contributed by atoms with Crippen molar-refractivity contribution in [3.63, 3.8) is 0 Å². The second-order valence-electron chi connectivity index (χ2n) is 7.64. The molecule has 5 N–H and O–H groups in total. The fourth-order valence-electron chi connectivity index (χ4n) is 3.63. The van der Waals surface area contributed by atoms with Crippen molar-refractivity contribution in [2.24, 2.45) is 17.6 Å². The number of nitrogens with one attached hydrogen (secondary N) is 2. The molecule has 1 heterocycles. The van der Waals surface area contributed by atoms with Gasteiger partial charge in [-0.2, -0.15) is 4.98 Å². The molecule has 25 heavy (non-hydrogen) atoms. The molecule has 4 atom stereocenters. The molecule has 0 bridgehead atoms. The molecule has 0 spiro atoms. The zero-order valence-electron chi connectivity index (χ0n) is 15.0. The van der Waals surface area contributed by atoms with Gasteiger partial charge in [-0.05, 0) is 50.9 Å². The van der Waals surface area contributed by atoms with Crippen molar-refractivity contribution in [1.82, 2.24) is 9.97 Å². The van der Waals surface area contributed by atoms with Crippen LogP contribution in [-0.2, 0) is 0 Å². The normalized spacial score (nSPS) is 28.0. The summed E-state index contributed by atoms with van der Waals surface area (Å²) >= 11 is 0. The number of carbonyl (C=O) groups excluding carboxylic acids is 1. The number of rotatable bonds is 6. The van der Waals surface area contributed by atoms with E-state index in [2.05, 4.69) is 34.4 Å². The fraction of sp³-hybridized carbons (Fsp3) is 0.722. The average Bonchev–Trinajstić information content (AvgIpc) is 2.49. The molecule has 2 fully saturated rings. The molecule has 0 aliphatic heterocycles. The zero-order chi connectivity index (χ0) is 18.0. The number of primary amides is 1. The Bertz CT molecular complexity index is 619. The number of hydrogen-bond acceptors (Lipinski definition) is 6. The average molecular weight is 347 g/mol. The summed E-state index contributed by atoms with van der Waals surface area (Å²) in [6.45, 7) is 4.20. The van der Waals surface area contributed by atoms with Gasteiger partial charge < -0.3 is 21.5 Å². The van der Waals surface area contributed by atoms with Gasteiger partial charge >= 0.3 is 0 Å². The van der Waals surface area contributed by atoms with Crippen LogP contribution >= 0.6 is 0 Å². The van der Waals surface area contributed by atoms with Gasteiger partial charge in [-0.25, -0.2) is 4.98 Å². The van der Waals surface area contributed by atoms with Gasteiger partial charge in [-0.15, -0.1) is 0 Å². The molecule has 2 aliphatic carbocycles. The van der Waals surface area contributed by atoms with E-state index in [-0.39, 0.29) is 17.7 Å². The third kappa shape index (κ3) is 4.21. The van der Waals surface area contributed by atoms with E-state index in [0.29, 0.717) is 36.1 Å². The van der Waals surface area contributed by atoms with E-state index in [1.165, 1.54) is 25.5 Å². The molecular formula is C18H29N5O2. The minimum atomic E-state index is -0.550. The summed E-state index contributed by atoms with van der Waals surface area (Å²) in [4.78, 5) is 20.5. The van der Waals surface area contributed by atoms with Crippen LogP contribution in [0, 0.1) is 11.8 Å². The number of carbonyl (C=O) groups is 1. The summed E-state index contributed by atoms with van der Waals surface area (Å²) in [6, 6.07) is 0.384. The molecule has 0 radical (unpaired) electrons. The molecule has 1 unspecified atom stereocenters. The lowest BCUT2D eigenvalue weighted by Gasteiger charge is -2.33. The van der Waals surface area contributed by atoms with E-state index in [4.69, 9.17) is 5.73 Å². The van der Waals surface area contributed by atoms with Gasteiger partial charge in [0.1, 0.15) is 5.82 Å². The highest BCUT2D eigenvalue weighted by molar-refractivity contribution is 5.97. The first-order valence-corrected chi connectivity index (χ1v) is 9.32. The van der Waals surface area contributed by atoms with Crippen molar-refractivity contribution in [2.75, 3.05) is 10.6 Å². The monoisotopic (exact) mass is 347 g/mol. The van der Waals surface area contributed by atoms with Crippen molar-refractivity contribution in [3.05, 3.63) is 11.8 Å². The number of aliphatic hydroxyl groups is 1. The maximum absolute atomic E-state index is 11.7. The number of aliphatic hydroxyl groups excluding tert-OH is 1. The third-order valence-corrected chi connectivity index (χ3v) is 5.76. The summed E-state index contributed by atoms with van der Waals surface area (Å²) in [5.74, 6) is 1.38. The first-order chi connectivity index (χ1) is 11.9. The summed E-state index contributed by atoms with van der Waals surface area (Å²) in [5.41, 5.74) is 5.76. The van der Waals surface area contributed by atoms with E-state index in [0.717, 1.165) is 12.8 Å². The second kappa shape index (κ2) is 7.56. The SMILES string of the molecule is C[C@@H]1CCC(Nc2nc(N[C@H](C)C3CCC3)ncc2C(N)=O)C[C@H]1O. The molecule has 1 aromatic heterocycles. The highest BCUT2D eigenvalue weighted by atomic mass is 16.3. The van der Waals surface area contributed by atoms with Crippen LogP contribution in [0.15, 0.2) is 6.20 Å². The molecule has 0 aromatic carbocycles. The van der Waals surface area contributed by atoms with Crippen LogP contribution in [-0.4, -0.2) is 39.2 Å². The van der Waals surface area contributed by atoms with Crippen LogP contribution in [0.25, 0.3) is 0 Å². The van der Waals surface area contributed by atoms with Gasteiger partial charge in [0, 0.05) is 18.3 Å². The number of hydrogen-bond donors (Lipinski definition) is 4. The Hall–Kier alpha value is -1.89. The van der Waals surface area contributed by atoms with E-state index in [9.17, 15) is 9.90 Å². The fourth-order valence-corrected chi connectivity index (χ4v) is 3.63. The van der Waals surface area contributed by atoms with Crippen molar-refractivity contribution in [1.29, 1.82) is 0 Å². The zero-order valence-corrected chi connectivity index (χ0v) is 15.0. The minimum Gasteiger partial charge on any atom is -0.393 e. The molecule has 0 saturated heterocycles. The van der Waals surface area contributed by atoms with Gasteiger partial charge in [0.15, 0.2) is 0 Å². The molecule has 7 nitrogen and oxygen atoms in total. The van der Waals surface area contributed by atoms with Gasteiger partial charge in [0.05, 0.1) is 11.7 Å². The lowest BCUT2D eigenvalue weighted by Crippen LogP contribution is -2.36. The van der Waals surface area contributed by atoms with Crippen LogP contribution in [0.3, 0.4) is 0 Å². The van der Waals surface area contributed by atoms with Crippen molar-refractivity contribution in [3.8, 4) is 0 Å². The molecule has 7 heteroatoms. The van der Waals surface area contributed by atoms with Crippen molar-refractivity contribution >= 4 is 17.7 Å². The maximum Gasteiger partial charge on any atom is 0.254 e. The van der Waals surface area contributed by atoms with Gasteiger partial charge in [0.2, 0.25) is 5.95 Å². The highest BCUT2D eigenvalue weighted by Gasteiger charge is 2.28. The van der Waals surface area contributed by atoms with Crippen LogP contribution < -0.4 is 16.4 Å². The Morgan fingerprint density at radius 1 is 1.36 bits per heavy atom. The molecule has 3 rings (SSSR count).